The van der Waals surface area contributed by atoms with Gasteiger partial charge in [-0.25, -0.2) is 4.98 Å². The molecule has 1 aliphatic carbocycles. The maximum atomic E-state index is 13.4. The van der Waals surface area contributed by atoms with Gasteiger partial charge in [-0.3, -0.25) is 9.78 Å². The van der Waals surface area contributed by atoms with Crippen molar-refractivity contribution in [3.05, 3.63) is 39.9 Å². The summed E-state index contributed by atoms with van der Waals surface area (Å²) in [6, 6.07) is 5.02. The van der Waals surface area contributed by atoms with Crippen LogP contribution in [0.25, 0.3) is 22.6 Å². The Morgan fingerprint density at radius 1 is 1.35 bits per heavy atom. The third-order valence-corrected chi connectivity index (χ3v) is 6.27. The van der Waals surface area contributed by atoms with E-state index in [0.29, 0.717) is 5.69 Å². The number of nitrogens with zero attached hydrogens (tertiary/aromatic N) is 5. The Hall–Kier alpha value is -3.00. The van der Waals surface area contributed by atoms with E-state index in [9.17, 15) is 23.2 Å². The molecule has 0 radical (unpaired) electrons. The number of pyridine rings is 2. The lowest BCUT2D eigenvalue weighted by Gasteiger charge is -2.13. The van der Waals surface area contributed by atoms with Gasteiger partial charge in [-0.2, -0.15) is 18.4 Å². The summed E-state index contributed by atoms with van der Waals surface area (Å²) in [6.45, 7) is 1.96. The van der Waals surface area contributed by atoms with Crippen LogP contribution in [0.4, 0.5) is 13.2 Å². The molecule has 3 heterocycles. The van der Waals surface area contributed by atoms with Gasteiger partial charge in [0.15, 0.2) is 11.5 Å². The number of hydrogen-bond donors (Lipinski definition) is 0. The maximum Gasteiger partial charge on any atom is 0.435 e. The van der Waals surface area contributed by atoms with E-state index in [0.717, 1.165) is 42.2 Å². The van der Waals surface area contributed by atoms with Crippen LogP contribution in [-0.4, -0.2) is 32.1 Å². The number of rotatable bonds is 5. The van der Waals surface area contributed by atoms with Crippen molar-refractivity contribution < 1.29 is 18.0 Å². The largest absolute Gasteiger partial charge is 0.435 e. The quantitative estimate of drug-likeness (QED) is 0.554. The average molecular weight is 449 g/mol. The first-order valence-corrected chi connectivity index (χ1v) is 10.4. The van der Waals surface area contributed by atoms with E-state index in [1.54, 1.807) is 13.2 Å². The van der Waals surface area contributed by atoms with E-state index in [1.165, 1.54) is 16.3 Å². The minimum absolute atomic E-state index is 0.0288. The number of imidazole rings is 1. The standard InChI is InChI=1S/C20H18F3N5O2S/c1-4-31-13-7-11(19(10-24)5-6-19)9-25-15(13)17-26-12-8-14(20(21,22)23)28(30-3)18(29)16(12)27(17)2/h7-9H,4-6H2,1-3H3. The molecule has 0 aromatic carbocycles. The van der Waals surface area contributed by atoms with Gasteiger partial charge < -0.3 is 9.40 Å². The smallest absolute Gasteiger partial charge is 0.413 e. The Kier molecular flexibility index (Phi) is 5.00. The number of halogens is 3. The monoisotopic (exact) mass is 449 g/mol. The predicted molar refractivity (Wildman–Crippen MR) is 109 cm³/mol. The number of nitriles is 1. The first kappa shape index (κ1) is 21.2. The highest BCUT2D eigenvalue weighted by Crippen LogP contribution is 2.48. The Labute approximate surface area is 179 Å². The fourth-order valence-corrected chi connectivity index (χ4v) is 4.39. The summed E-state index contributed by atoms with van der Waals surface area (Å²) in [5.41, 5.74) is -1.59. The van der Waals surface area contributed by atoms with Crippen LogP contribution in [0, 0.1) is 11.3 Å². The molecule has 1 saturated carbocycles. The summed E-state index contributed by atoms with van der Waals surface area (Å²) in [5.74, 6) is 0.981. The number of aryl methyl sites for hydroxylation is 1. The molecule has 31 heavy (non-hydrogen) atoms. The predicted octanol–water partition coefficient (Wildman–Crippen LogP) is 3.54. The summed E-state index contributed by atoms with van der Waals surface area (Å²) in [6.07, 6.45) is -1.65. The van der Waals surface area contributed by atoms with Crippen molar-refractivity contribution in [3.63, 3.8) is 0 Å². The Balaban J connectivity index is 1.95. The van der Waals surface area contributed by atoms with E-state index in [-0.39, 0.29) is 21.6 Å². The van der Waals surface area contributed by atoms with E-state index in [2.05, 4.69) is 16.0 Å². The lowest BCUT2D eigenvalue weighted by Crippen LogP contribution is -2.32. The van der Waals surface area contributed by atoms with Gasteiger partial charge in [0.25, 0.3) is 0 Å². The van der Waals surface area contributed by atoms with Crippen molar-refractivity contribution in [2.24, 2.45) is 7.05 Å². The molecular formula is C20H18F3N5O2S. The molecule has 0 aliphatic heterocycles. The van der Waals surface area contributed by atoms with Gasteiger partial charge in [0.05, 0.1) is 17.0 Å². The van der Waals surface area contributed by atoms with Gasteiger partial charge in [-0.05, 0) is 36.3 Å². The molecule has 4 rings (SSSR count). The van der Waals surface area contributed by atoms with Crippen molar-refractivity contribution in [1.82, 2.24) is 19.3 Å². The van der Waals surface area contributed by atoms with Crippen molar-refractivity contribution in [2.45, 2.75) is 36.3 Å². The molecule has 162 valence electrons. The number of alkyl halides is 3. The number of thioether (sulfide) groups is 1. The Morgan fingerprint density at radius 2 is 2.06 bits per heavy atom. The van der Waals surface area contributed by atoms with Crippen LogP contribution in [0.2, 0.25) is 0 Å². The highest BCUT2D eigenvalue weighted by molar-refractivity contribution is 7.99. The molecule has 0 atom stereocenters. The molecule has 0 spiro atoms. The molecule has 3 aromatic heterocycles. The molecule has 0 unspecified atom stereocenters. The van der Waals surface area contributed by atoms with Crippen molar-refractivity contribution >= 4 is 22.8 Å². The third kappa shape index (κ3) is 3.35. The molecule has 11 heteroatoms. The van der Waals surface area contributed by atoms with Crippen molar-refractivity contribution in [3.8, 4) is 17.6 Å². The summed E-state index contributed by atoms with van der Waals surface area (Å²) in [5, 5.41) is 9.49. The molecule has 1 fully saturated rings. The fraction of sp³-hybridized carbons (Fsp3) is 0.400. The third-order valence-electron chi connectivity index (χ3n) is 5.36. The van der Waals surface area contributed by atoms with Gasteiger partial charge in [0.2, 0.25) is 0 Å². The van der Waals surface area contributed by atoms with Gasteiger partial charge >= 0.3 is 11.7 Å². The summed E-state index contributed by atoms with van der Waals surface area (Å²) < 4.78 is 41.9. The minimum atomic E-state index is -4.79. The van der Waals surface area contributed by atoms with Crippen LogP contribution in [0.15, 0.2) is 28.0 Å². The van der Waals surface area contributed by atoms with Gasteiger partial charge in [0.1, 0.15) is 18.3 Å². The summed E-state index contributed by atoms with van der Waals surface area (Å²) >= 11 is 1.49. The van der Waals surface area contributed by atoms with E-state index in [4.69, 9.17) is 4.84 Å². The number of hydrogen-bond acceptors (Lipinski definition) is 6. The van der Waals surface area contributed by atoms with Crippen LogP contribution in [0.5, 0.6) is 0 Å². The normalized spacial score (nSPS) is 15.1. The molecule has 1 aliphatic rings. The lowest BCUT2D eigenvalue weighted by molar-refractivity contribution is -0.151. The Bertz CT molecular complexity index is 1290. The molecule has 0 amide bonds. The van der Waals surface area contributed by atoms with Crippen molar-refractivity contribution in [2.75, 3.05) is 12.9 Å². The van der Waals surface area contributed by atoms with Gasteiger partial charge in [-0.1, -0.05) is 6.92 Å². The van der Waals surface area contributed by atoms with Crippen molar-refractivity contribution in [1.29, 1.82) is 5.26 Å². The van der Waals surface area contributed by atoms with Crippen LogP contribution in [0.3, 0.4) is 0 Å². The molecule has 0 bridgehead atoms. The average Bonchev–Trinajstić information content (AvgIpc) is 3.45. The first-order valence-electron chi connectivity index (χ1n) is 9.46. The van der Waals surface area contributed by atoms with Crippen LogP contribution in [-0.2, 0) is 18.6 Å². The SMILES string of the molecule is CCSc1cc(C2(C#N)CC2)cnc1-c1nc2cc(C(F)(F)F)n(OC)c(=O)c2n1C. The molecule has 0 saturated heterocycles. The Morgan fingerprint density at radius 3 is 2.61 bits per heavy atom. The number of fused-ring (bicyclic) bond motifs is 1. The van der Waals surface area contributed by atoms with E-state index < -0.39 is 22.8 Å². The van der Waals surface area contributed by atoms with E-state index in [1.807, 2.05) is 13.0 Å². The first-order chi connectivity index (χ1) is 14.7. The highest BCUT2D eigenvalue weighted by Gasteiger charge is 2.45. The maximum absolute atomic E-state index is 13.4. The molecule has 3 aromatic rings. The summed E-state index contributed by atoms with van der Waals surface area (Å²) in [4.78, 5) is 27.0. The lowest BCUT2D eigenvalue weighted by atomic mass is 9.99. The zero-order valence-electron chi connectivity index (χ0n) is 16.9. The van der Waals surface area contributed by atoms with Gasteiger partial charge in [-0.15, -0.1) is 16.5 Å². The zero-order chi connectivity index (χ0) is 22.6. The van der Waals surface area contributed by atoms with Crippen LogP contribution >= 0.6 is 11.8 Å². The molecular weight excluding hydrogens is 431 g/mol. The van der Waals surface area contributed by atoms with Crippen LogP contribution < -0.4 is 10.4 Å². The molecule has 7 nitrogen and oxygen atoms in total. The second-order valence-corrected chi connectivity index (χ2v) is 8.54. The van der Waals surface area contributed by atoms with E-state index >= 15 is 0 Å². The highest BCUT2D eigenvalue weighted by atomic mass is 32.2. The minimum Gasteiger partial charge on any atom is -0.413 e. The van der Waals surface area contributed by atoms with Gasteiger partial charge in [0, 0.05) is 18.1 Å². The second kappa shape index (κ2) is 7.30. The number of aromatic nitrogens is 4. The van der Waals surface area contributed by atoms with Crippen LogP contribution in [0.1, 0.15) is 31.0 Å². The molecule has 0 N–H and O–H groups in total. The zero-order valence-corrected chi connectivity index (χ0v) is 17.8. The topological polar surface area (TPSA) is 85.7 Å². The second-order valence-electron chi connectivity index (χ2n) is 7.24. The fourth-order valence-electron chi connectivity index (χ4n) is 3.59. The summed E-state index contributed by atoms with van der Waals surface area (Å²) in [7, 11) is 2.55.